The molecule has 3 heteroatoms. The van der Waals surface area contributed by atoms with Gasteiger partial charge >= 0.3 is 0 Å². The minimum atomic E-state index is -0.113. The summed E-state index contributed by atoms with van der Waals surface area (Å²) < 4.78 is 11.2. The lowest BCUT2D eigenvalue weighted by atomic mass is 10.1. The average molecular weight is 293 g/mol. The van der Waals surface area contributed by atoms with Gasteiger partial charge in [0.2, 0.25) is 0 Å². The number of hydrogen-bond acceptors (Lipinski definition) is 3. The molecule has 1 N–H and O–H groups in total. The normalized spacial score (nSPS) is 12.1. The molecule has 0 aliphatic rings. The zero-order valence-corrected chi connectivity index (χ0v) is 14.2. The second-order valence-corrected chi connectivity index (χ2v) is 6.56. The van der Waals surface area contributed by atoms with Crippen LogP contribution in [0.25, 0.3) is 0 Å². The van der Waals surface area contributed by atoms with Crippen molar-refractivity contribution in [1.29, 1.82) is 0 Å². The molecule has 0 unspecified atom stereocenters. The Hall–Kier alpha value is -0.900. The van der Waals surface area contributed by atoms with E-state index in [1.54, 1.807) is 7.11 Å². The van der Waals surface area contributed by atoms with E-state index < -0.39 is 0 Å². The van der Waals surface area contributed by atoms with Gasteiger partial charge in [-0.25, -0.2) is 0 Å². The predicted molar refractivity (Wildman–Crippen MR) is 88.3 cm³/mol. The first-order valence-electron chi connectivity index (χ1n) is 7.85. The summed E-state index contributed by atoms with van der Waals surface area (Å²) in [5.41, 5.74) is 2.48. The minimum absolute atomic E-state index is 0.113. The van der Waals surface area contributed by atoms with Crippen molar-refractivity contribution in [2.75, 3.05) is 20.3 Å². The molecule has 3 nitrogen and oxygen atoms in total. The molecule has 120 valence electrons. The third-order valence-corrected chi connectivity index (χ3v) is 3.65. The SMILES string of the molecule is COC(C)(C)CCOCc1ccccc1CNCC(C)C. The van der Waals surface area contributed by atoms with Gasteiger partial charge in [0, 0.05) is 20.3 Å². The van der Waals surface area contributed by atoms with Gasteiger partial charge in [0.05, 0.1) is 12.2 Å². The zero-order valence-electron chi connectivity index (χ0n) is 14.2. The Morgan fingerprint density at radius 3 is 2.43 bits per heavy atom. The first-order valence-corrected chi connectivity index (χ1v) is 7.85. The maximum Gasteiger partial charge on any atom is 0.0720 e. The van der Waals surface area contributed by atoms with Crippen molar-refractivity contribution in [3.8, 4) is 0 Å². The predicted octanol–water partition coefficient (Wildman–Crippen LogP) is 3.76. The molecule has 0 spiro atoms. The van der Waals surface area contributed by atoms with E-state index in [1.807, 2.05) is 0 Å². The van der Waals surface area contributed by atoms with E-state index in [2.05, 4.69) is 57.3 Å². The van der Waals surface area contributed by atoms with Gasteiger partial charge in [-0.3, -0.25) is 0 Å². The van der Waals surface area contributed by atoms with Crippen LogP contribution in [-0.4, -0.2) is 25.9 Å². The third kappa shape index (κ3) is 7.60. The van der Waals surface area contributed by atoms with E-state index in [4.69, 9.17) is 9.47 Å². The number of rotatable bonds is 10. The van der Waals surface area contributed by atoms with E-state index in [0.29, 0.717) is 19.1 Å². The number of hydrogen-bond donors (Lipinski definition) is 1. The second-order valence-electron chi connectivity index (χ2n) is 6.56. The number of benzene rings is 1. The van der Waals surface area contributed by atoms with Crippen LogP contribution in [0.3, 0.4) is 0 Å². The maximum atomic E-state index is 5.82. The average Bonchev–Trinajstić information content (AvgIpc) is 2.44. The van der Waals surface area contributed by atoms with E-state index in [9.17, 15) is 0 Å². The van der Waals surface area contributed by atoms with Crippen molar-refractivity contribution in [2.45, 2.75) is 52.9 Å². The molecule has 0 aliphatic carbocycles. The Kier molecular flexibility index (Phi) is 7.94. The standard InChI is InChI=1S/C18H31NO2/c1-15(2)12-19-13-16-8-6-7-9-17(16)14-21-11-10-18(3,4)20-5/h6-9,15,19H,10-14H2,1-5H3. The van der Waals surface area contributed by atoms with E-state index >= 15 is 0 Å². The lowest BCUT2D eigenvalue weighted by molar-refractivity contribution is -0.0125. The lowest BCUT2D eigenvalue weighted by Gasteiger charge is -2.22. The molecule has 0 radical (unpaired) electrons. The minimum Gasteiger partial charge on any atom is -0.379 e. The lowest BCUT2D eigenvalue weighted by Crippen LogP contribution is -2.24. The molecule has 0 heterocycles. The van der Waals surface area contributed by atoms with Gasteiger partial charge in [-0.1, -0.05) is 38.1 Å². The van der Waals surface area contributed by atoms with Crippen molar-refractivity contribution >= 4 is 0 Å². The number of nitrogens with one attached hydrogen (secondary N) is 1. The summed E-state index contributed by atoms with van der Waals surface area (Å²) in [6, 6.07) is 8.48. The maximum absolute atomic E-state index is 5.82. The van der Waals surface area contributed by atoms with Gasteiger partial charge in [-0.2, -0.15) is 0 Å². The van der Waals surface area contributed by atoms with Crippen LogP contribution in [0.1, 0.15) is 45.2 Å². The third-order valence-electron chi connectivity index (χ3n) is 3.65. The Morgan fingerprint density at radius 2 is 1.81 bits per heavy atom. The Bertz CT molecular complexity index is 402. The Morgan fingerprint density at radius 1 is 1.14 bits per heavy atom. The van der Waals surface area contributed by atoms with Crippen LogP contribution in [0, 0.1) is 5.92 Å². The Labute approximate surface area is 130 Å². The second kappa shape index (κ2) is 9.19. The van der Waals surface area contributed by atoms with Gasteiger partial charge in [-0.15, -0.1) is 0 Å². The van der Waals surface area contributed by atoms with Gasteiger partial charge < -0.3 is 14.8 Å². The first kappa shape index (κ1) is 18.1. The van der Waals surface area contributed by atoms with Crippen molar-refractivity contribution in [1.82, 2.24) is 5.32 Å². The highest BCUT2D eigenvalue weighted by Gasteiger charge is 2.15. The first-order chi connectivity index (χ1) is 9.94. The molecule has 0 amide bonds. The van der Waals surface area contributed by atoms with Crippen LogP contribution >= 0.6 is 0 Å². The van der Waals surface area contributed by atoms with Crippen LogP contribution in [0.2, 0.25) is 0 Å². The smallest absolute Gasteiger partial charge is 0.0720 e. The summed E-state index contributed by atoms with van der Waals surface area (Å²) in [5.74, 6) is 0.671. The molecule has 0 saturated carbocycles. The molecule has 0 aliphatic heterocycles. The van der Waals surface area contributed by atoms with Gasteiger partial charge in [0.25, 0.3) is 0 Å². The molecule has 1 aromatic carbocycles. The summed E-state index contributed by atoms with van der Waals surface area (Å²) in [5, 5.41) is 3.49. The topological polar surface area (TPSA) is 30.5 Å². The van der Waals surface area contributed by atoms with Crippen LogP contribution in [-0.2, 0) is 22.6 Å². The Balaban J connectivity index is 2.40. The quantitative estimate of drug-likeness (QED) is 0.666. The number of methoxy groups -OCH3 is 1. The molecule has 1 aromatic rings. The summed E-state index contributed by atoms with van der Waals surface area (Å²) in [7, 11) is 1.75. The summed E-state index contributed by atoms with van der Waals surface area (Å²) in [6.07, 6.45) is 0.900. The molecule has 0 bridgehead atoms. The van der Waals surface area contributed by atoms with Crippen LogP contribution in [0.15, 0.2) is 24.3 Å². The monoisotopic (exact) mass is 293 g/mol. The van der Waals surface area contributed by atoms with Crippen molar-refractivity contribution < 1.29 is 9.47 Å². The van der Waals surface area contributed by atoms with Gasteiger partial charge in [0.1, 0.15) is 0 Å². The highest BCUT2D eigenvalue weighted by molar-refractivity contribution is 5.26. The largest absolute Gasteiger partial charge is 0.379 e. The fourth-order valence-corrected chi connectivity index (χ4v) is 1.97. The van der Waals surface area contributed by atoms with Crippen molar-refractivity contribution in [3.05, 3.63) is 35.4 Å². The fraction of sp³-hybridized carbons (Fsp3) is 0.667. The van der Waals surface area contributed by atoms with E-state index in [0.717, 1.165) is 19.5 Å². The molecule has 0 atom stereocenters. The van der Waals surface area contributed by atoms with Crippen LogP contribution in [0.5, 0.6) is 0 Å². The molecule has 0 fully saturated rings. The molecular weight excluding hydrogens is 262 g/mol. The zero-order chi connectivity index (χ0) is 15.7. The summed E-state index contributed by atoms with van der Waals surface area (Å²) >= 11 is 0. The molecular formula is C18H31NO2. The van der Waals surface area contributed by atoms with E-state index in [-0.39, 0.29) is 5.60 Å². The van der Waals surface area contributed by atoms with Gasteiger partial charge in [0.15, 0.2) is 0 Å². The van der Waals surface area contributed by atoms with Gasteiger partial charge in [-0.05, 0) is 43.9 Å². The van der Waals surface area contributed by atoms with Crippen LogP contribution in [0.4, 0.5) is 0 Å². The highest BCUT2D eigenvalue weighted by atomic mass is 16.5. The van der Waals surface area contributed by atoms with Crippen molar-refractivity contribution in [2.24, 2.45) is 5.92 Å². The summed E-state index contributed by atoms with van der Waals surface area (Å²) in [6.45, 7) is 11.9. The van der Waals surface area contributed by atoms with Crippen molar-refractivity contribution in [3.63, 3.8) is 0 Å². The highest BCUT2D eigenvalue weighted by Crippen LogP contribution is 2.14. The molecule has 0 saturated heterocycles. The fourth-order valence-electron chi connectivity index (χ4n) is 1.97. The number of ether oxygens (including phenoxy) is 2. The molecule has 1 rings (SSSR count). The molecule has 21 heavy (non-hydrogen) atoms. The van der Waals surface area contributed by atoms with E-state index in [1.165, 1.54) is 11.1 Å². The molecule has 0 aromatic heterocycles. The summed E-state index contributed by atoms with van der Waals surface area (Å²) in [4.78, 5) is 0. The van der Waals surface area contributed by atoms with Crippen LogP contribution < -0.4 is 5.32 Å².